The molecule has 0 radical (unpaired) electrons. The van der Waals surface area contributed by atoms with Crippen LogP contribution < -0.4 is 5.32 Å². The molecular formula is C13H14N2. The van der Waals surface area contributed by atoms with Crippen molar-refractivity contribution in [3.05, 3.63) is 41.6 Å². The van der Waals surface area contributed by atoms with Gasteiger partial charge in [0, 0.05) is 30.6 Å². The molecule has 0 aliphatic carbocycles. The van der Waals surface area contributed by atoms with Gasteiger partial charge in [-0.05, 0) is 36.2 Å². The first kappa shape index (κ1) is 8.86. The molecule has 0 atom stereocenters. The number of hydrogen-bond donors (Lipinski definition) is 1. The van der Waals surface area contributed by atoms with Crippen molar-refractivity contribution in [1.82, 2.24) is 10.3 Å². The van der Waals surface area contributed by atoms with E-state index in [1.165, 1.54) is 16.5 Å². The van der Waals surface area contributed by atoms with Crippen LogP contribution in [0, 0.1) is 6.92 Å². The minimum atomic E-state index is 0.704. The summed E-state index contributed by atoms with van der Waals surface area (Å²) in [5.41, 5.74) is 3.76. The predicted molar refractivity (Wildman–Crippen MR) is 62.1 cm³/mol. The molecule has 1 saturated heterocycles. The molecule has 0 unspecified atom stereocenters. The number of fused-ring (bicyclic) bond motifs is 1. The highest BCUT2D eigenvalue weighted by molar-refractivity contribution is 5.79. The van der Waals surface area contributed by atoms with Crippen LogP contribution in [0.25, 0.3) is 10.9 Å². The zero-order valence-corrected chi connectivity index (χ0v) is 8.83. The molecule has 0 spiro atoms. The van der Waals surface area contributed by atoms with Crippen LogP contribution in [0.15, 0.2) is 30.5 Å². The number of hydrogen-bond acceptors (Lipinski definition) is 2. The second kappa shape index (κ2) is 3.31. The van der Waals surface area contributed by atoms with E-state index in [2.05, 4.69) is 41.5 Å². The fraction of sp³-hybridized carbons (Fsp3) is 0.308. The topological polar surface area (TPSA) is 24.9 Å². The van der Waals surface area contributed by atoms with Crippen LogP contribution in [-0.4, -0.2) is 18.1 Å². The second-order valence-electron chi connectivity index (χ2n) is 4.32. The molecule has 1 aliphatic heterocycles. The minimum absolute atomic E-state index is 0.704. The molecule has 76 valence electrons. The van der Waals surface area contributed by atoms with Crippen molar-refractivity contribution < 1.29 is 0 Å². The average Bonchev–Trinajstić information content (AvgIpc) is 2.14. The van der Waals surface area contributed by atoms with Gasteiger partial charge in [-0.25, -0.2) is 0 Å². The van der Waals surface area contributed by atoms with Gasteiger partial charge in [0.15, 0.2) is 0 Å². The summed E-state index contributed by atoms with van der Waals surface area (Å²) in [5, 5.41) is 4.57. The van der Waals surface area contributed by atoms with Crippen LogP contribution in [0.5, 0.6) is 0 Å². The largest absolute Gasteiger partial charge is 0.315 e. The van der Waals surface area contributed by atoms with Crippen LogP contribution in [0.3, 0.4) is 0 Å². The summed E-state index contributed by atoms with van der Waals surface area (Å²) in [5.74, 6) is 0.704. The van der Waals surface area contributed by atoms with Gasteiger partial charge in [0.25, 0.3) is 0 Å². The third-order valence-electron chi connectivity index (χ3n) is 3.09. The number of pyridine rings is 1. The maximum Gasteiger partial charge on any atom is 0.0702 e. The second-order valence-corrected chi connectivity index (χ2v) is 4.32. The highest BCUT2D eigenvalue weighted by atomic mass is 14.9. The van der Waals surface area contributed by atoms with E-state index >= 15 is 0 Å². The molecule has 1 aromatic carbocycles. The zero-order valence-electron chi connectivity index (χ0n) is 8.83. The first-order valence-electron chi connectivity index (χ1n) is 5.40. The van der Waals surface area contributed by atoms with Gasteiger partial charge in [-0.1, -0.05) is 6.07 Å². The van der Waals surface area contributed by atoms with Gasteiger partial charge in [0.2, 0.25) is 0 Å². The molecule has 1 N–H and O–H groups in total. The van der Waals surface area contributed by atoms with Crippen LogP contribution in [0.1, 0.15) is 17.0 Å². The Hall–Kier alpha value is -1.41. The lowest BCUT2D eigenvalue weighted by molar-refractivity contribution is 0.449. The van der Waals surface area contributed by atoms with E-state index in [1.807, 2.05) is 6.20 Å². The maximum atomic E-state index is 4.41. The van der Waals surface area contributed by atoms with E-state index < -0.39 is 0 Å². The van der Waals surface area contributed by atoms with Gasteiger partial charge in [0.05, 0.1) is 5.52 Å². The lowest BCUT2D eigenvalue weighted by Crippen LogP contribution is -2.39. The van der Waals surface area contributed by atoms with E-state index in [0.717, 1.165) is 18.6 Å². The van der Waals surface area contributed by atoms with E-state index in [0.29, 0.717) is 5.92 Å². The Morgan fingerprint density at radius 2 is 2.13 bits per heavy atom. The first-order valence-corrected chi connectivity index (χ1v) is 5.40. The smallest absolute Gasteiger partial charge is 0.0702 e. The molecular weight excluding hydrogens is 184 g/mol. The summed E-state index contributed by atoms with van der Waals surface area (Å²) in [6.45, 7) is 4.32. The molecule has 2 heterocycles. The first-order chi connectivity index (χ1) is 7.33. The molecule has 1 aromatic heterocycles. The third-order valence-corrected chi connectivity index (χ3v) is 3.09. The summed E-state index contributed by atoms with van der Waals surface area (Å²) in [4.78, 5) is 4.41. The molecule has 15 heavy (non-hydrogen) atoms. The van der Waals surface area contributed by atoms with Crippen molar-refractivity contribution >= 4 is 10.9 Å². The van der Waals surface area contributed by atoms with Gasteiger partial charge in [-0.2, -0.15) is 0 Å². The summed E-state index contributed by atoms with van der Waals surface area (Å²) >= 11 is 0. The minimum Gasteiger partial charge on any atom is -0.315 e. The van der Waals surface area contributed by atoms with Gasteiger partial charge in [-0.15, -0.1) is 0 Å². The summed E-state index contributed by atoms with van der Waals surface area (Å²) in [7, 11) is 0. The van der Waals surface area contributed by atoms with E-state index in [9.17, 15) is 0 Å². The molecule has 3 rings (SSSR count). The molecule has 2 aromatic rings. The van der Waals surface area contributed by atoms with E-state index in [4.69, 9.17) is 0 Å². The summed E-state index contributed by atoms with van der Waals surface area (Å²) < 4.78 is 0. The average molecular weight is 198 g/mol. The quantitative estimate of drug-likeness (QED) is 0.760. The van der Waals surface area contributed by atoms with Gasteiger partial charge in [0.1, 0.15) is 0 Å². The van der Waals surface area contributed by atoms with E-state index in [1.54, 1.807) is 0 Å². The van der Waals surface area contributed by atoms with Crippen molar-refractivity contribution in [2.24, 2.45) is 0 Å². The molecule has 0 saturated carbocycles. The van der Waals surface area contributed by atoms with Crippen molar-refractivity contribution in [2.45, 2.75) is 12.8 Å². The Bertz CT molecular complexity index is 501. The molecule has 0 bridgehead atoms. The fourth-order valence-electron chi connectivity index (χ4n) is 2.04. The predicted octanol–water partition coefficient (Wildman–Crippen LogP) is 2.23. The number of aromatic nitrogens is 1. The van der Waals surface area contributed by atoms with Crippen molar-refractivity contribution in [2.75, 3.05) is 13.1 Å². The van der Waals surface area contributed by atoms with Gasteiger partial charge < -0.3 is 5.32 Å². The van der Waals surface area contributed by atoms with Crippen LogP contribution in [-0.2, 0) is 0 Å². The highest BCUT2D eigenvalue weighted by Crippen LogP contribution is 2.23. The lowest BCUT2D eigenvalue weighted by atomic mass is 9.92. The Labute approximate surface area is 89.3 Å². The Kier molecular flexibility index (Phi) is 1.96. The molecule has 1 fully saturated rings. The SMILES string of the molecule is Cc1cnc2ccc(C3CNC3)cc2c1. The molecule has 2 heteroatoms. The van der Waals surface area contributed by atoms with Crippen molar-refractivity contribution in [3.8, 4) is 0 Å². The number of nitrogens with zero attached hydrogens (tertiary/aromatic N) is 1. The molecule has 2 nitrogen and oxygen atoms in total. The number of benzene rings is 1. The highest BCUT2D eigenvalue weighted by Gasteiger charge is 2.18. The van der Waals surface area contributed by atoms with Gasteiger partial charge >= 0.3 is 0 Å². The van der Waals surface area contributed by atoms with Crippen molar-refractivity contribution in [1.29, 1.82) is 0 Å². The van der Waals surface area contributed by atoms with Crippen molar-refractivity contribution in [3.63, 3.8) is 0 Å². The van der Waals surface area contributed by atoms with E-state index in [-0.39, 0.29) is 0 Å². The Morgan fingerprint density at radius 3 is 2.87 bits per heavy atom. The van der Waals surface area contributed by atoms with Crippen LogP contribution in [0.4, 0.5) is 0 Å². The Balaban J connectivity index is 2.11. The number of rotatable bonds is 1. The number of aryl methyl sites for hydroxylation is 1. The summed E-state index contributed by atoms with van der Waals surface area (Å²) in [6.07, 6.45) is 1.92. The zero-order chi connectivity index (χ0) is 10.3. The normalized spacial score (nSPS) is 16.6. The molecule has 1 aliphatic rings. The van der Waals surface area contributed by atoms with Crippen LogP contribution >= 0.6 is 0 Å². The Morgan fingerprint density at radius 1 is 1.27 bits per heavy atom. The lowest BCUT2D eigenvalue weighted by Gasteiger charge is -2.27. The monoisotopic (exact) mass is 198 g/mol. The standard InChI is InChI=1S/C13H14N2/c1-9-4-11-5-10(12-7-14-8-12)2-3-13(11)15-6-9/h2-6,12,14H,7-8H2,1H3. The number of nitrogens with one attached hydrogen (secondary N) is 1. The maximum absolute atomic E-state index is 4.41. The molecule has 0 amide bonds. The van der Waals surface area contributed by atoms with Gasteiger partial charge in [-0.3, -0.25) is 4.98 Å². The summed E-state index contributed by atoms with van der Waals surface area (Å²) in [6, 6.07) is 8.82. The van der Waals surface area contributed by atoms with Crippen LogP contribution in [0.2, 0.25) is 0 Å². The fourth-order valence-corrected chi connectivity index (χ4v) is 2.04. The third kappa shape index (κ3) is 1.51.